The smallest absolute Gasteiger partial charge is 0.420 e. The SMILES string of the molecule is CCCNC(=O)N(c1cnc(-c2cnc(OC)nc2)cn1)C1CCC(Nc2ncc(C(F)(F)F)c(-c3ccn(C(F)F)n3)n2)CC1. The third kappa shape index (κ3) is 7.43. The van der Waals surface area contributed by atoms with Gasteiger partial charge in [0.2, 0.25) is 5.95 Å². The molecule has 0 atom stereocenters. The molecule has 1 aliphatic rings. The van der Waals surface area contributed by atoms with Gasteiger partial charge in [-0.3, -0.25) is 9.88 Å². The van der Waals surface area contributed by atoms with Gasteiger partial charge in [0.25, 0.3) is 0 Å². The molecule has 0 saturated heterocycles. The molecule has 5 rings (SSSR count). The van der Waals surface area contributed by atoms with Gasteiger partial charge in [-0.2, -0.15) is 27.1 Å². The summed E-state index contributed by atoms with van der Waals surface area (Å²) in [5.74, 6) is 0.252. The molecule has 244 valence electrons. The number of halogens is 5. The van der Waals surface area contributed by atoms with Crippen molar-refractivity contribution in [3.63, 3.8) is 0 Å². The fourth-order valence-electron chi connectivity index (χ4n) is 5.01. The lowest BCUT2D eigenvalue weighted by Gasteiger charge is -2.36. The number of hydrogen-bond donors (Lipinski definition) is 2. The summed E-state index contributed by atoms with van der Waals surface area (Å²) < 4.78 is 72.3. The van der Waals surface area contributed by atoms with Crippen LogP contribution in [0, 0.1) is 0 Å². The number of alkyl halides is 5. The van der Waals surface area contributed by atoms with Crippen molar-refractivity contribution in [3.05, 3.63) is 48.8 Å². The van der Waals surface area contributed by atoms with Gasteiger partial charge in [-0.05, 0) is 38.2 Å². The predicted molar refractivity (Wildman–Crippen MR) is 155 cm³/mol. The molecule has 46 heavy (non-hydrogen) atoms. The van der Waals surface area contributed by atoms with Crippen molar-refractivity contribution in [1.82, 2.24) is 45.0 Å². The van der Waals surface area contributed by atoms with Crippen LogP contribution in [-0.4, -0.2) is 71.5 Å². The van der Waals surface area contributed by atoms with Crippen molar-refractivity contribution >= 4 is 17.8 Å². The highest BCUT2D eigenvalue weighted by Crippen LogP contribution is 2.36. The van der Waals surface area contributed by atoms with E-state index in [1.54, 1.807) is 17.3 Å². The highest BCUT2D eigenvalue weighted by atomic mass is 19.4. The summed E-state index contributed by atoms with van der Waals surface area (Å²) in [7, 11) is 1.46. The van der Waals surface area contributed by atoms with E-state index in [0.717, 1.165) is 18.7 Å². The molecule has 1 fully saturated rings. The number of amides is 2. The van der Waals surface area contributed by atoms with Crippen LogP contribution in [0.5, 0.6) is 6.01 Å². The lowest BCUT2D eigenvalue weighted by molar-refractivity contribution is -0.137. The number of aromatic nitrogens is 8. The number of nitrogens with one attached hydrogen (secondary N) is 2. The number of anilines is 2. The summed E-state index contributed by atoms with van der Waals surface area (Å²) in [6, 6.07) is 0.443. The van der Waals surface area contributed by atoms with Gasteiger partial charge in [-0.25, -0.2) is 34.4 Å². The van der Waals surface area contributed by atoms with E-state index in [-0.39, 0.29) is 40.4 Å². The summed E-state index contributed by atoms with van der Waals surface area (Å²) in [5, 5.41) is 9.50. The molecule has 18 heteroatoms. The Labute approximate surface area is 259 Å². The number of hydrogen-bond acceptors (Lipinski definition) is 10. The van der Waals surface area contributed by atoms with Gasteiger partial charge >= 0.3 is 24.8 Å². The van der Waals surface area contributed by atoms with Crippen molar-refractivity contribution < 1.29 is 31.5 Å². The molecule has 1 saturated carbocycles. The van der Waals surface area contributed by atoms with Crippen LogP contribution in [0.25, 0.3) is 22.6 Å². The number of rotatable bonds is 10. The van der Waals surface area contributed by atoms with E-state index in [1.807, 2.05) is 6.92 Å². The summed E-state index contributed by atoms with van der Waals surface area (Å²) in [5.41, 5.74) is -1.04. The average Bonchev–Trinajstić information content (AvgIpc) is 3.56. The Bertz CT molecular complexity index is 1610. The monoisotopic (exact) mass is 647 g/mol. The molecule has 0 radical (unpaired) electrons. The minimum atomic E-state index is -4.83. The maximum Gasteiger partial charge on any atom is 0.420 e. The molecular weight excluding hydrogens is 617 g/mol. The molecule has 1 aliphatic carbocycles. The average molecular weight is 648 g/mol. The number of ether oxygens (including phenoxy) is 1. The Kier molecular flexibility index (Phi) is 9.81. The van der Waals surface area contributed by atoms with Gasteiger partial charge in [0.1, 0.15) is 17.0 Å². The number of carbonyl (C=O) groups excluding carboxylic acids is 1. The standard InChI is InChI=1S/C28H30F5N11O2/c1-3-9-34-27(45)44(22-15-35-21(14-36-22)16-11-38-26(46-2)39-12-16)18-6-4-17(5-7-18)40-25-37-13-19(28(31,32)33)23(41-25)20-8-10-43(42-20)24(29)30/h8,10-15,17-18,24H,3-7,9H2,1-2H3,(H,34,45)(H,37,40,41). The predicted octanol–water partition coefficient (Wildman–Crippen LogP) is 5.36. The minimum absolute atomic E-state index is 0.0976. The maximum atomic E-state index is 13.7. The van der Waals surface area contributed by atoms with Gasteiger partial charge in [0.15, 0.2) is 5.82 Å². The second-order valence-electron chi connectivity index (χ2n) is 10.4. The first-order valence-electron chi connectivity index (χ1n) is 14.4. The second kappa shape index (κ2) is 13.9. The topological polar surface area (TPSA) is 149 Å². The Morgan fingerprint density at radius 1 is 1.02 bits per heavy atom. The van der Waals surface area contributed by atoms with E-state index in [4.69, 9.17) is 4.74 Å². The Balaban J connectivity index is 1.30. The largest absolute Gasteiger partial charge is 0.467 e. The molecule has 4 aromatic rings. The fourth-order valence-corrected chi connectivity index (χ4v) is 5.01. The summed E-state index contributed by atoms with van der Waals surface area (Å²) in [6.45, 7) is -0.621. The number of urea groups is 1. The van der Waals surface area contributed by atoms with Crippen molar-refractivity contribution in [2.75, 3.05) is 23.9 Å². The maximum absolute atomic E-state index is 13.7. The van der Waals surface area contributed by atoms with Gasteiger partial charge < -0.3 is 15.4 Å². The van der Waals surface area contributed by atoms with Crippen LogP contribution in [0.1, 0.15) is 51.1 Å². The van der Waals surface area contributed by atoms with Crippen LogP contribution in [0.2, 0.25) is 0 Å². The molecule has 0 aliphatic heterocycles. The van der Waals surface area contributed by atoms with Gasteiger partial charge in [0.05, 0.1) is 25.2 Å². The Morgan fingerprint density at radius 2 is 1.76 bits per heavy atom. The van der Waals surface area contributed by atoms with Crippen LogP contribution < -0.4 is 20.3 Å². The van der Waals surface area contributed by atoms with Crippen LogP contribution in [0.15, 0.2) is 43.2 Å². The molecule has 2 amide bonds. The zero-order chi connectivity index (χ0) is 32.8. The normalized spacial score (nSPS) is 16.7. The molecule has 0 bridgehead atoms. The third-order valence-electron chi connectivity index (χ3n) is 7.28. The number of methoxy groups -OCH3 is 1. The van der Waals surface area contributed by atoms with Crippen molar-refractivity contribution in [1.29, 1.82) is 0 Å². The molecule has 0 unspecified atom stereocenters. The zero-order valence-corrected chi connectivity index (χ0v) is 24.7. The zero-order valence-electron chi connectivity index (χ0n) is 24.7. The minimum Gasteiger partial charge on any atom is -0.467 e. The van der Waals surface area contributed by atoms with Crippen molar-refractivity contribution in [3.8, 4) is 28.7 Å². The molecule has 4 aromatic heterocycles. The van der Waals surface area contributed by atoms with Gasteiger partial charge in [-0.1, -0.05) is 6.92 Å². The van der Waals surface area contributed by atoms with E-state index in [2.05, 4.69) is 45.6 Å². The van der Waals surface area contributed by atoms with E-state index in [9.17, 15) is 26.7 Å². The fraction of sp³-hybridized carbons (Fsp3) is 0.429. The molecular formula is C28H30F5N11O2. The van der Waals surface area contributed by atoms with E-state index >= 15 is 0 Å². The highest BCUT2D eigenvalue weighted by Gasteiger charge is 2.37. The number of carbonyl (C=O) groups is 1. The molecule has 0 aromatic carbocycles. The van der Waals surface area contributed by atoms with Crippen molar-refractivity contribution in [2.24, 2.45) is 0 Å². The first-order valence-corrected chi connectivity index (χ1v) is 14.4. The van der Waals surface area contributed by atoms with E-state index < -0.39 is 24.0 Å². The van der Waals surface area contributed by atoms with Crippen LogP contribution in [0.3, 0.4) is 0 Å². The van der Waals surface area contributed by atoms with Crippen LogP contribution in [-0.2, 0) is 6.18 Å². The molecule has 0 spiro atoms. The van der Waals surface area contributed by atoms with Gasteiger partial charge in [-0.15, -0.1) is 0 Å². The van der Waals surface area contributed by atoms with Crippen LogP contribution in [0.4, 0.5) is 38.5 Å². The lowest BCUT2D eigenvalue weighted by atomic mass is 9.90. The lowest BCUT2D eigenvalue weighted by Crippen LogP contribution is -2.49. The first kappa shape index (κ1) is 32.4. The molecule has 13 nitrogen and oxygen atoms in total. The summed E-state index contributed by atoms with van der Waals surface area (Å²) >= 11 is 0. The Hall–Kier alpha value is -5.03. The second-order valence-corrected chi connectivity index (χ2v) is 10.4. The molecule has 4 heterocycles. The third-order valence-corrected chi connectivity index (χ3v) is 7.28. The highest BCUT2D eigenvalue weighted by molar-refractivity contribution is 5.91. The summed E-state index contributed by atoms with van der Waals surface area (Å²) in [6.07, 6.45) is 5.62. The van der Waals surface area contributed by atoms with Crippen molar-refractivity contribution in [2.45, 2.75) is 63.8 Å². The Morgan fingerprint density at radius 3 is 2.35 bits per heavy atom. The molecule has 2 N–H and O–H groups in total. The van der Waals surface area contributed by atoms with Crippen LogP contribution >= 0.6 is 0 Å². The van der Waals surface area contributed by atoms with Gasteiger partial charge in [0, 0.05) is 49.0 Å². The number of nitrogens with zero attached hydrogens (tertiary/aromatic N) is 9. The quantitative estimate of drug-likeness (QED) is 0.216. The first-order chi connectivity index (χ1) is 22.1. The van der Waals surface area contributed by atoms with E-state index in [1.165, 1.54) is 19.5 Å². The summed E-state index contributed by atoms with van der Waals surface area (Å²) in [4.78, 5) is 39.8. The van der Waals surface area contributed by atoms with E-state index in [0.29, 0.717) is 55.5 Å².